The molecule has 3 atom stereocenters. The zero-order valence-corrected chi connectivity index (χ0v) is 12.1. The Kier molecular flexibility index (Phi) is 3.68. The quantitative estimate of drug-likeness (QED) is 0.821. The van der Waals surface area contributed by atoms with E-state index in [-0.39, 0.29) is 6.04 Å². The van der Waals surface area contributed by atoms with Gasteiger partial charge in [0.2, 0.25) is 0 Å². The van der Waals surface area contributed by atoms with Gasteiger partial charge in [0.15, 0.2) is 0 Å². The minimum atomic E-state index is 0.258. The first-order valence-corrected chi connectivity index (χ1v) is 7.76. The molecule has 1 heterocycles. The molecule has 3 nitrogen and oxygen atoms in total. The Hall–Kier alpha value is -0.800. The number of rotatable bonds is 7. The van der Waals surface area contributed by atoms with E-state index in [1.807, 2.05) is 0 Å². The maximum Gasteiger partial charge on any atom is 0.122 e. The molecule has 1 aromatic heterocycles. The van der Waals surface area contributed by atoms with Crippen LogP contribution in [0.15, 0.2) is 16.5 Å². The highest BCUT2D eigenvalue weighted by molar-refractivity contribution is 5.19. The molecular formula is C16H26N2O. The van der Waals surface area contributed by atoms with E-state index < -0.39 is 0 Å². The van der Waals surface area contributed by atoms with Gasteiger partial charge >= 0.3 is 0 Å². The lowest BCUT2D eigenvalue weighted by atomic mass is 10.1. The van der Waals surface area contributed by atoms with E-state index in [9.17, 15) is 0 Å². The van der Waals surface area contributed by atoms with Gasteiger partial charge < -0.3 is 10.2 Å². The maximum absolute atomic E-state index is 6.09. The summed E-state index contributed by atoms with van der Waals surface area (Å²) in [6.07, 6.45) is 4.05. The lowest BCUT2D eigenvalue weighted by Crippen LogP contribution is -2.35. The number of nitrogens with two attached hydrogens (primary N) is 1. The summed E-state index contributed by atoms with van der Waals surface area (Å²) in [6, 6.07) is 4.57. The van der Waals surface area contributed by atoms with Crippen molar-refractivity contribution in [2.45, 2.75) is 45.1 Å². The summed E-state index contributed by atoms with van der Waals surface area (Å²) in [7, 11) is 0. The number of likely N-dealkylation sites (N-methyl/N-ethyl adjacent to an activating group) is 1. The van der Waals surface area contributed by atoms with Gasteiger partial charge in [0.05, 0.1) is 6.04 Å². The normalized spacial score (nSPS) is 27.8. The van der Waals surface area contributed by atoms with Crippen LogP contribution in [0, 0.1) is 11.8 Å². The molecule has 1 aromatic rings. The Labute approximate surface area is 116 Å². The van der Waals surface area contributed by atoms with Gasteiger partial charge in [-0.05, 0) is 49.8 Å². The topological polar surface area (TPSA) is 42.4 Å². The molecule has 0 spiro atoms. The molecule has 2 saturated carbocycles. The van der Waals surface area contributed by atoms with Crippen LogP contribution < -0.4 is 5.73 Å². The van der Waals surface area contributed by atoms with E-state index in [2.05, 4.69) is 30.9 Å². The van der Waals surface area contributed by atoms with Gasteiger partial charge in [-0.1, -0.05) is 13.8 Å². The van der Waals surface area contributed by atoms with Crippen LogP contribution in [-0.4, -0.2) is 24.5 Å². The van der Waals surface area contributed by atoms with Crippen molar-refractivity contribution in [3.8, 4) is 0 Å². The molecule has 0 aromatic carbocycles. The first-order chi connectivity index (χ1) is 9.22. The first-order valence-electron chi connectivity index (χ1n) is 7.76. The molecule has 0 aliphatic heterocycles. The highest BCUT2D eigenvalue weighted by Crippen LogP contribution is 2.47. The summed E-state index contributed by atoms with van der Waals surface area (Å²) in [6.45, 7) is 7.38. The van der Waals surface area contributed by atoms with Crippen molar-refractivity contribution in [2.75, 3.05) is 19.6 Å². The second kappa shape index (κ2) is 5.29. The average molecular weight is 262 g/mol. The lowest BCUT2D eigenvalue weighted by Gasteiger charge is -2.28. The minimum Gasteiger partial charge on any atom is -0.464 e. The van der Waals surface area contributed by atoms with Gasteiger partial charge in [-0.3, -0.25) is 4.90 Å². The third kappa shape index (κ3) is 2.87. The zero-order valence-electron chi connectivity index (χ0n) is 12.1. The molecule has 2 aliphatic carbocycles. The van der Waals surface area contributed by atoms with Crippen LogP contribution in [0.2, 0.25) is 0 Å². The third-order valence-electron chi connectivity index (χ3n) is 4.71. The molecule has 2 aliphatic rings. The van der Waals surface area contributed by atoms with Gasteiger partial charge in [-0.25, -0.2) is 0 Å². The molecule has 3 heteroatoms. The smallest absolute Gasteiger partial charge is 0.122 e. The van der Waals surface area contributed by atoms with Gasteiger partial charge in [0.25, 0.3) is 0 Å². The Balaban J connectivity index is 1.70. The molecule has 3 rings (SSSR count). The fourth-order valence-electron chi connectivity index (χ4n) is 3.02. The summed E-state index contributed by atoms with van der Waals surface area (Å²) in [5.74, 6) is 4.59. The summed E-state index contributed by atoms with van der Waals surface area (Å²) < 4.78 is 6.09. The summed E-state index contributed by atoms with van der Waals surface area (Å²) in [4.78, 5) is 2.48. The molecule has 0 saturated heterocycles. The number of hydrogen-bond donors (Lipinski definition) is 1. The maximum atomic E-state index is 6.09. The SMILES string of the molecule is CCN(CC1CC1)C(CN)c1ccc(C2CC2C)o1. The largest absolute Gasteiger partial charge is 0.464 e. The van der Waals surface area contributed by atoms with Crippen LogP contribution in [0.4, 0.5) is 0 Å². The molecule has 3 unspecified atom stereocenters. The molecular weight excluding hydrogens is 236 g/mol. The molecule has 0 radical (unpaired) electrons. The van der Waals surface area contributed by atoms with E-state index in [4.69, 9.17) is 10.2 Å². The molecule has 19 heavy (non-hydrogen) atoms. The van der Waals surface area contributed by atoms with Crippen molar-refractivity contribution in [1.82, 2.24) is 4.90 Å². The van der Waals surface area contributed by atoms with Crippen molar-refractivity contribution >= 4 is 0 Å². The van der Waals surface area contributed by atoms with E-state index in [0.717, 1.165) is 24.1 Å². The van der Waals surface area contributed by atoms with Crippen LogP contribution in [0.25, 0.3) is 0 Å². The van der Waals surface area contributed by atoms with Crippen molar-refractivity contribution < 1.29 is 4.42 Å². The average Bonchev–Trinajstić information content (AvgIpc) is 3.31. The van der Waals surface area contributed by atoms with Gasteiger partial charge in [-0.2, -0.15) is 0 Å². The third-order valence-corrected chi connectivity index (χ3v) is 4.71. The lowest BCUT2D eigenvalue weighted by molar-refractivity contribution is 0.179. The second-order valence-corrected chi connectivity index (χ2v) is 6.34. The Morgan fingerprint density at radius 2 is 2.16 bits per heavy atom. The number of hydrogen-bond acceptors (Lipinski definition) is 3. The molecule has 106 valence electrons. The van der Waals surface area contributed by atoms with E-state index >= 15 is 0 Å². The Bertz CT molecular complexity index is 424. The predicted octanol–water partition coefficient (Wildman–Crippen LogP) is 3.13. The van der Waals surface area contributed by atoms with Crippen LogP contribution in [0.3, 0.4) is 0 Å². The molecule has 0 bridgehead atoms. The minimum absolute atomic E-state index is 0.258. The fraction of sp³-hybridized carbons (Fsp3) is 0.750. The van der Waals surface area contributed by atoms with Crippen LogP contribution >= 0.6 is 0 Å². The monoisotopic (exact) mass is 262 g/mol. The highest BCUT2D eigenvalue weighted by atomic mass is 16.3. The van der Waals surface area contributed by atoms with Crippen molar-refractivity contribution in [3.05, 3.63) is 23.7 Å². The molecule has 2 N–H and O–H groups in total. The van der Waals surface area contributed by atoms with Gasteiger partial charge in [0.1, 0.15) is 11.5 Å². The summed E-state index contributed by atoms with van der Waals surface area (Å²) >= 11 is 0. The highest BCUT2D eigenvalue weighted by Gasteiger charge is 2.37. The van der Waals surface area contributed by atoms with Crippen LogP contribution in [-0.2, 0) is 0 Å². The van der Waals surface area contributed by atoms with E-state index in [1.54, 1.807) is 0 Å². The fourth-order valence-corrected chi connectivity index (χ4v) is 3.02. The Morgan fingerprint density at radius 1 is 1.42 bits per heavy atom. The van der Waals surface area contributed by atoms with Crippen LogP contribution in [0.5, 0.6) is 0 Å². The second-order valence-electron chi connectivity index (χ2n) is 6.34. The first kappa shape index (κ1) is 13.2. The van der Waals surface area contributed by atoms with Crippen molar-refractivity contribution in [1.29, 1.82) is 0 Å². The van der Waals surface area contributed by atoms with E-state index in [0.29, 0.717) is 12.5 Å². The number of furan rings is 1. The van der Waals surface area contributed by atoms with Gasteiger partial charge in [-0.15, -0.1) is 0 Å². The van der Waals surface area contributed by atoms with Crippen molar-refractivity contribution in [2.24, 2.45) is 17.6 Å². The molecule has 2 fully saturated rings. The van der Waals surface area contributed by atoms with Crippen molar-refractivity contribution in [3.63, 3.8) is 0 Å². The standard InChI is InChI=1S/C16H26N2O/c1-3-18(10-12-4-5-12)14(9-17)16-7-6-15(19-16)13-8-11(13)2/h6-7,11-14H,3-5,8-10,17H2,1-2H3. The molecule has 0 amide bonds. The Morgan fingerprint density at radius 3 is 2.68 bits per heavy atom. The van der Waals surface area contributed by atoms with Gasteiger partial charge in [0, 0.05) is 19.0 Å². The zero-order chi connectivity index (χ0) is 13.4. The summed E-state index contributed by atoms with van der Waals surface area (Å²) in [5.41, 5.74) is 6.00. The van der Waals surface area contributed by atoms with Crippen LogP contribution in [0.1, 0.15) is 56.6 Å². The van der Waals surface area contributed by atoms with E-state index in [1.165, 1.54) is 31.6 Å². The predicted molar refractivity (Wildman–Crippen MR) is 77.0 cm³/mol. The summed E-state index contributed by atoms with van der Waals surface area (Å²) in [5, 5.41) is 0. The number of nitrogens with zero attached hydrogens (tertiary/aromatic N) is 1.